The lowest BCUT2D eigenvalue weighted by atomic mass is 10.1. The Bertz CT molecular complexity index is 1070. The molecule has 3 rings (SSSR count). The van der Waals surface area contributed by atoms with E-state index in [-0.39, 0.29) is 16.8 Å². The number of rotatable bonds is 6. The Kier molecular flexibility index (Phi) is 6.73. The molecule has 0 spiro atoms. The highest BCUT2D eigenvalue weighted by Gasteiger charge is 2.35. The maximum Gasteiger partial charge on any atom is 0.417 e. The van der Waals surface area contributed by atoms with E-state index >= 15 is 0 Å². The van der Waals surface area contributed by atoms with Crippen molar-refractivity contribution in [2.24, 2.45) is 0 Å². The smallest absolute Gasteiger partial charge is 0.325 e. The highest BCUT2D eigenvalue weighted by atomic mass is 32.2. The zero-order valence-electron chi connectivity index (χ0n) is 15.5. The summed E-state index contributed by atoms with van der Waals surface area (Å²) in [6.45, 7) is 1.91. The third-order valence-corrected chi connectivity index (χ3v) is 5.70. The average Bonchev–Trinajstić information content (AvgIpc) is 3.13. The van der Waals surface area contributed by atoms with E-state index in [1.54, 1.807) is 6.07 Å². The highest BCUT2D eigenvalue weighted by molar-refractivity contribution is 8.01. The molecule has 0 radical (unpaired) electrons. The van der Waals surface area contributed by atoms with Crippen LogP contribution in [0.3, 0.4) is 0 Å². The van der Waals surface area contributed by atoms with Gasteiger partial charge >= 0.3 is 6.18 Å². The Balaban J connectivity index is 1.58. The van der Waals surface area contributed by atoms with Crippen molar-refractivity contribution in [3.05, 3.63) is 65.2 Å². The van der Waals surface area contributed by atoms with Crippen LogP contribution in [-0.4, -0.2) is 27.8 Å². The molecule has 0 atom stereocenters. The first-order valence-corrected chi connectivity index (χ1v) is 10.3. The first-order valence-electron chi connectivity index (χ1n) is 8.53. The first kappa shape index (κ1) is 21.8. The second-order valence-corrected chi connectivity index (χ2v) is 8.28. The number of benzene rings is 2. The number of anilines is 2. The molecule has 0 fully saturated rings. The van der Waals surface area contributed by atoms with E-state index in [0.717, 1.165) is 40.8 Å². The molecule has 2 N–H and O–H groups in total. The van der Waals surface area contributed by atoms with Gasteiger partial charge in [-0.05, 0) is 36.8 Å². The molecule has 11 heteroatoms. The Hall–Kier alpha value is -2.92. The maximum absolute atomic E-state index is 13.1. The number of aromatic nitrogens is 2. The summed E-state index contributed by atoms with van der Waals surface area (Å²) in [5.74, 6) is -1.12. The number of aryl methyl sites for hydroxylation is 1. The molecule has 0 bridgehead atoms. The van der Waals surface area contributed by atoms with E-state index in [0.29, 0.717) is 10.0 Å². The Morgan fingerprint density at radius 1 is 1.07 bits per heavy atom. The molecule has 0 aliphatic rings. The minimum Gasteiger partial charge on any atom is -0.325 e. The van der Waals surface area contributed by atoms with Gasteiger partial charge in [0.15, 0.2) is 4.34 Å². The van der Waals surface area contributed by atoms with E-state index < -0.39 is 23.2 Å². The van der Waals surface area contributed by atoms with Gasteiger partial charge in [-0.1, -0.05) is 47.4 Å². The van der Waals surface area contributed by atoms with Gasteiger partial charge in [0.05, 0.1) is 16.9 Å². The molecule has 1 heterocycles. The van der Waals surface area contributed by atoms with Crippen LogP contribution in [0.15, 0.2) is 52.9 Å². The van der Waals surface area contributed by atoms with Gasteiger partial charge in [0.25, 0.3) is 5.91 Å². The van der Waals surface area contributed by atoms with Crippen molar-refractivity contribution in [2.45, 2.75) is 17.4 Å². The van der Waals surface area contributed by atoms with Gasteiger partial charge < -0.3 is 5.32 Å². The minimum atomic E-state index is -4.65. The Morgan fingerprint density at radius 2 is 1.83 bits per heavy atom. The van der Waals surface area contributed by atoms with Crippen LogP contribution in [-0.2, 0) is 11.0 Å². The SMILES string of the molecule is Cc1cccc(NC(=O)CSc2nnc(NC(=O)c3ccccc3C(F)(F)F)s2)c1. The average molecular weight is 452 g/mol. The van der Waals surface area contributed by atoms with E-state index in [1.165, 1.54) is 12.1 Å². The number of hydrogen-bond acceptors (Lipinski definition) is 6. The minimum absolute atomic E-state index is 0.0403. The van der Waals surface area contributed by atoms with Crippen LogP contribution in [0.1, 0.15) is 21.5 Å². The number of halogens is 3. The summed E-state index contributed by atoms with van der Waals surface area (Å²) in [4.78, 5) is 24.3. The number of amides is 2. The van der Waals surface area contributed by atoms with Gasteiger partial charge in [0, 0.05) is 5.69 Å². The van der Waals surface area contributed by atoms with E-state index in [4.69, 9.17) is 0 Å². The summed E-state index contributed by atoms with van der Waals surface area (Å²) in [7, 11) is 0. The molecule has 6 nitrogen and oxygen atoms in total. The fourth-order valence-electron chi connectivity index (χ4n) is 2.46. The predicted octanol–water partition coefficient (Wildman–Crippen LogP) is 4.85. The van der Waals surface area contributed by atoms with Gasteiger partial charge in [0.2, 0.25) is 11.0 Å². The van der Waals surface area contributed by atoms with E-state index in [2.05, 4.69) is 20.8 Å². The predicted molar refractivity (Wildman–Crippen MR) is 110 cm³/mol. The normalized spacial score (nSPS) is 11.2. The van der Waals surface area contributed by atoms with Crippen LogP contribution in [0, 0.1) is 6.92 Å². The van der Waals surface area contributed by atoms with Crippen LogP contribution in [0.25, 0.3) is 0 Å². The molecule has 0 saturated heterocycles. The molecule has 156 valence electrons. The molecule has 0 unspecified atom stereocenters. The number of nitrogens with zero attached hydrogens (tertiary/aromatic N) is 2. The lowest BCUT2D eigenvalue weighted by Gasteiger charge is -2.11. The largest absolute Gasteiger partial charge is 0.417 e. The van der Waals surface area contributed by atoms with Crippen molar-refractivity contribution in [3.63, 3.8) is 0 Å². The number of carbonyl (C=O) groups excluding carboxylic acids is 2. The van der Waals surface area contributed by atoms with E-state index in [1.807, 2.05) is 25.1 Å². The van der Waals surface area contributed by atoms with Gasteiger partial charge in [-0.25, -0.2) is 0 Å². The number of alkyl halides is 3. The van der Waals surface area contributed by atoms with Gasteiger partial charge in [-0.3, -0.25) is 14.9 Å². The zero-order chi connectivity index (χ0) is 21.7. The van der Waals surface area contributed by atoms with Gasteiger partial charge in [-0.15, -0.1) is 10.2 Å². The summed E-state index contributed by atoms with van der Waals surface area (Å²) >= 11 is 2.07. The third kappa shape index (κ3) is 5.80. The second-order valence-electron chi connectivity index (χ2n) is 6.08. The summed E-state index contributed by atoms with van der Waals surface area (Å²) in [6, 6.07) is 11.8. The maximum atomic E-state index is 13.1. The molecular formula is C19H15F3N4O2S2. The monoisotopic (exact) mass is 452 g/mol. The van der Waals surface area contributed by atoms with Crippen LogP contribution in [0.4, 0.5) is 24.0 Å². The van der Waals surface area contributed by atoms with Crippen molar-refractivity contribution in [1.82, 2.24) is 10.2 Å². The van der Waals surface area contributed by atoms with E-state index in [9.17, 15) is 22.8 Å². The van der Waals surface area contributed by atoms with Crippen LogP contribution < -0.4 is 10.6 Å². The molecule has 2 amide bonds. The summed E-state index contributed by atoms with van der Waals surface area (Å²) in [6.07, 6.45) is -4.65. The molecular weight excluding hydrogens is 437 g/mol. The van der Waals surface area contributed by atoms with Crippen molar-refractivity contribution in [1.29, 1.82) is 0 Å². The van der Waals surface area contributed by atoms with Crippen molar-refractivity contribution >= 4 is 45.7 Å². The second kappa shape index (κ2) is 9.26. The highest BCUT2D eigenvalue weighted by Crippen LogP contribution is 2.32. The molecule has 0 aliphatic carbocycles. The zero-order valence-corrected chi connectivity index (χ0v) is 17.1. The molecule has 1 aromatic heterocycles. The number of carbonyl (C=O) groups is 2. The quantitative estimate of drug-likeness (QED) is 0.413. The summed E-state index contributed by atoms with van der Waals surface area (Å²) in [5, 5.41) is 12.7. The molecule has 30 heavy (non-hydrogen) atoms. The van der Waals surface area contributed by atoms with Crippen molar-refractivity contribution in [2.75, 3.05) is 16.4 Å². The van der Waals surface area contributed by atoms with Gasteiger partial charge in [0.1, 0.15) is 0 Å². The van der Waals surface area contributed by atoms with Crippen molar-refractivity contribution in [3.8, 4) is 0 Å². The summed E-state index contributed by atoms with van der Waals surface area (Å²) in [5.41, 5.74) is 0.146. The lowest BCUT2D eigenvalue weighted by molar-refractivity contribution is -0.137. The van der Waals surface area contributed by atoms with Crippen molar-refractivity contribution < 1.29 is 22.8 Å². The van der Waals surface area contributed by atoms with Crippen LogP contribution >= 0.6 is 23.1 Å². The third-order valence-electron chi connectivity index (χ3n) is 3.73. The Morgan fingerprint density at radius 3 is 2.57 bits per heavy atom. The first-order chi connectivity index (χ1) is 14.2. The fourth-order valence-corrected chi connectivity index (χ4v) is 4.01. The number of hydrogen-bond donors (Lipinski definition) is 2. The standard InChI is InChI=1S/C19H15F3N4O2S2/c1-11-5-4-6-12(9-11)23-15(27)10-29-18-26-25-17(30-18)24-16(28)13-7-2-3-8-14(13)19(20,21)22/h2-9H,10H2,1H3,(H,23,27)(H,24,25,28). The number of nitrogens with one attached hydrogen (secondary N) is 2. The molecule has 0 aliphatic heterocycles. The topological polar surface area (TPSA) is 84.0 Å². The van der Waals surface area contributed by atoms with Crippen LogP contribution in [0.5, 0.6) is 0 Å². The molecule has 2 aromatic carbocycles. The lowest BCUT2D eigenvalue weighted by Crippen LogP contribution is -2.18. The number of thioether (sulfide) groups is 1. The molecule has 3 aromatic rings. The Labute approximate surface area is 177 Å². The molecule has 0 saturated carbocycles. The van der Waals surface area contributed by atoms with Gasteiger partial charge in [-0.2, -0.15) is 13.2 Å². The summed E-state index contributed by atoms with van der Waals surface area (Å²) < 4.78 is 39.6. The fraction of sp³-hybridized carbons (Fsp3) is 0.158. The van der Waals surface area contributed by atoms with Crippen LogP contribution in [0.2, 0.25) is 0 Å².